The second-order valence-electron chi connectivity index (χ2n) is 6.09. The normalized spacial score (nSPS) is 11.8. The summed E-state index contributed by atoms with van der Waals surface area (Å²) >= 11 is 5.90. The second kappa shape index (κ2) is 8.65. The van der Waals surface area contributed by atoms with Crippen molar-refractivity contribution in [1.29, 1.82) is 0 Å². The maximum absolute atomic E-state index is 12.0. The van der Waals surface area contributed by atoms with E-state index in [1.807, 2.05) is 55.5 Å². The fourth-order valence-electron chi connectivity index (χ4n) is 2.46. The molecule has 2 aromatic carbocycles. The van der Waals surface area contributed by atoms with Gasteiger partial charge in [0.2, 0.25) is 5.91 Å². The van der Waals surface area contributed by atoms with Gasteiger partial charge in [0.1, 0.15) is 5.78 Å². The van der Waals surface area contributed by atoms with Crippen molar-refractivity contribution in [2.45, 2.75) is 39.2 Å². The van der Waals surface area contributed by atoms with Crippen LogP contribution in [0.4, 0.5) is 0 Å². The number of benzene rings is 2. The number of hydrogen-bond donors (Lipinski definition) is 1. The van der Waals surface area contributed by atoms with E-state index in [1.165, 1.54) is 0 Å². The van der Waals surface area contributed by atoms with E-state index in [9.17, 15) is 9.59 Å². The highest BCUT2D eigenvalue weighted by Crippen LogP contribution is 2.22. The molecule has 1 N–H and O–H groups in total. The van der Waals surface area contributed by atoms with Crippen molar-refractivity contribution in [1.82, 2.24) is 5.32 Å². The van der Waals surface area contributed by atoms with Gasteiger partial charge in [-0.3, -0.25) is 4.79 Å². The van der Waals surface area contributed by atoms with Gasteiger partial charge in [-0.15, -0.1) is 0 Å². The average Bonchev–Trinajstić information content (AvgIpc) is 2.54. The number of carbonyl (C=O) groups excluding carboxylic acids is 2. The van der Waals surface area contributed by atoms with Gasteiger partial charge < -0.3 is 10.1 Å². The molecule has 0 saturated carbocycles. The summed E-state index contributed by atoms with van der Waals surface area (Å²) in [5, 5.41) is 3.64. The predicted molar refractivity (Wildman–Crippen MR) is 98.1 cm³/mol. The molecule has 3 nitrogen and oxygen atoms in total. The summed E-state index contributed by atoms with van der Waals surface area (Å²) in [6.07, 6.45) is 1.51. The first-order valence-corrected chi connectivity index (χ1v) is 8.45. The Bertz CT molecular complexity index is 693. The maximum Gasteiger partial charge on any atom is 0.224 e. The number of rotatable bonds is 7. The molecule has 0 aliphatic heterocycles. The Balaban J connectivity index is 1.90. The number of ketones is 1. The molecule has 0 aliphatic carbocycles. The quantitative estimate of drug-likeness (QED) is 0.808. The number of halogens is 1. The summed E-state index contributed by atoms with van der Waals surface area (Å²) in [6, 6.07) is 15.6. The van der Waals surface area contributed by atoms with Crippen molar-refractivity contribution in [2.75, 3.05) is 0 Å². The van der Waals surface area contributed by atoms with Crippen LogP contribution in [0.1, 0.15) is 32.3 Å². The molecule has 0 heterocycles. The zero-order chi connectivity index (χ0) is 17.5. The summed E-state index contributed by atoms with van der Waals surface area (Å²) in [5.74, 6) is 0.124. The van der Waals surface area contributed by atoms with Gasteiger partial charge >= 0.3 is 0 Å². The number of hydrogen-bond acceptors (Lipinski definition) is 2. The molecule has 0 saturated heterocycles. The monoisotopic (exact) mass is 343 g/mol. The van der Waals surface area contributed by atoms with Crippen LogP contribution in [-0.2, 0) is 16.0 Å². The number of Topliss-reactive ketones (excluding diaryl/α,β-unsaturated/α-hetero) is 1. The van der Waals surface area contributed by atoms with Crippen LogP contribution in [0.25, 0.3) is 11.1 Å². The molecule has 0 fully saturated rings. The van der Waals surface area contributed by atoms with E-state index in [1.54, 1.807) is 6.92 Å². The fourth-order valence-corrected chi connectivity index (χ4v) is 2.59. The highest BCUT2D eigenvalue weighted by molar-refractivity contribution is 6.30. The molecule has 0 bridgehead atoms. The largest absolute Gasteiger partial charge is 0.353 e. The van der Waals surface area contributed by atoms with Crippen LogP contribution >= 0.6 is 11.6 Å². The molecule has 2 rings (SSSR count). The Morgan fingerprint density at radius 3 is 2.08 bits per heavy atom. The number of amides is 1. The molecular weight excluding hydrogens is 322 g/mol. The first-order valence-electron chi connectivity index (χ1n) is 8.07. The molecular formula is C20H22ClNO2. The van der Waals surface area contributed by atoms with E-state index in [0.29, 0.717) is 24.3 Å². The average molecular weight is 344 g/mol. The predicted octanol–water partition coefficient (Wildman–Crippen LogP) is 4.42. The van der Waals surface area contributed by atoms with E-state index in [-0.39, 0.29) is 17.7 Å². The van der Waals surface area contributed by atoms with Crippen LogP contribution in [0.3, 0.4) is 0 Å². The van der Waals surface area contributed by atoms with E-state index in [4.69, 9.17) is 11.6 Å². The summed E-state index contributed by atoms with van der Waals surface area (Å²) < 4.78 is 0. The molecule has 2 aromatic rings. The van der Waals surface area contributed by atoms with E-state index in [2.05, 4.69) is 5.32 Å². The van der Waals surface area contributed by atoms with Gasteiger partial charge in [0.15, 0.2) is 0 Å². The standard InChI is InChI=1S/C20H22ClNO2/c1-14(3-4-15(2)23)22-20(24)13-16-5-7-17(8-6-16)18-9-11-19(21)12-10-18/h5-12,14H,3-4,13H2,1-2H3,(H,22,24)/t14-/m1/s1. The number of nitrogens with one attached hydrogen (secondary N) is 1. The van der Waals surface area contributed by atoms with Gasteiger partial charge in [-0.1, -0.05) is 48.0 Å². The molecule has 0 aliphatic rings. The minimum atomic E-state index is -0.0229. The van der Waals surface area contributed by atoms with E-state index >= 15 is 0 Å². The highest BCUT2D eigenvalue weighted by atomic mass is 35.5. The van der Waals surface area contributed by atoms with Crippen molar-refractivity contribution in [3.63, 3.8) is 0 Å². The first-order chi connectivity index (χ1) is 11.4. The molecule has 4 heteroatoms. The van der Waals surface area contributed by atoms with Gasteiger partial charge in [0.05, 0.1) is 6.42 Å². The molecule has 1 atom stereocenters. The smallest absolute Gasteiger partial charge is 0.224 e. The summed E-state index contributed by atoms with van der Waals surface area (Å²) in [7, 11) is 0. The zero-order valence-electron chi connectivity index (χ0n) is 14.0. The fraction of sp³-hybridized carbons (Fsp3) is 0.300. The lowest BCUT2D eigenvalue weighted by Crippen LogP contribution is -2.33. The molecule has 0 spiro atoms. The Morgan fingerprint density at radius 2 is 1.54 bits per heavy atom. The summed E-state index contributed by atoms with van der Waals surface area (Å²) in [6.45, 7) is 3.49. The van der Waals surface area contributed by atoms with Gasteiger partial charge in [-0.2, -0.15) is 0 Å². The van der Waals surface area contributed by atoms with Crippen LogP contribution in [0.5, 0.6) is 0 Å². The molecule has 0 aromatic heterocycles. The van der Waals surface area contributed by atoms with Crippen molar-refractivity contribution in [3.8, 4) is 11.1 Å². The summed E-state index contributed by atoms with van der Waals surface area (Å²) in [4.78, 5) is 23.0. The molecule has 24 heavy (non-hydrogen) atoms. The van der Waals surface area contributed by atoms with Crippen LogP contribution < -0.4 is 5.32 Å². The van der Waals surface area contributed by atoms with Gasteiger partial charge in [0.25, 0.3) is 0 Å². The van der Waals surface area contributed by atoms with Crippen LogP contribution in [0.2, 0.25) is 5.02 Å². The zero-order valence-corrected chi connectivity index (χ0v) is 14.8. The third-order valence-electron chi connectivity index (χ3n) is 3.83. The van der Waals surface area contributed by atoms with Crippen LogP contribution in [-0.4, -0.2) is 17.7 Å². The highest BCUT2D eigenvalue weighted by Gasteiger charge is 2.09. The first kappa shape index (κ1) is 18.2. The van der Waals surface area contributed by atoms with Crippen LogP contribution in [0.15, 0.2) is 48.5 Å². The van der Waals surface area contributed by atoms with Gasteiger partial charge in [-0.25, -0.2) is 0 Å². The molecule has 126 valence electrons. The molecule has 0 radical (unpaired) electrons. The van der Waals surface area contributed by atoms with E-state index < -0.39 is 0 Å². The lowest BCUT2D eigenvalue weighted by molar-refractivity contribution is -0.122. The minimum absolute atomic E-state index is 0.00902. The van der Waals surface area contributed by atoms with Crippen molar-refractivity contribution in [3.05, 3.63) is 59.1 Å². The van der Waals surface area contributed by atoms with Gasteiger partial charge in [0, 0.05) is 17.5 Å². The topological polar surface area (TPSA) is 46.2 Å². The van der Waals surface area contributed by atoms with Crippen LogP contribution in [0, 0.1) is 0 Å². The van der Waals surface area contributed by atoms with Crippen molar-refractivity contribution in [2.24, 2.45) is 0 Å². The lowest BCUT2D eigenvalue weighted by Gasteiger charge is -2.13. The maximum atomic E-state index is 12.0. The van der Waals surface area contributed by atoms with Gasteiger partial charge in [-0.05, 0) is 49.1 Å². The Kier molecular flexibility index (Phi) is 6.56. The summed E-state index contributed by atoms with van der Waals surface area (Å²) in [5.41, 5.74) is 3.14. The van der Waals surface area contributed by atoms with Crippen molar-refractivity contribution < 1.29 is 9.59 Å². The minimum Gasteiger partial charge on any atom is -0.353 e. The Hall–Kier alpha value is -2.13. The lowest BCUT2D eigenvalue weighted by atomic mass is 10.0. The SMILES string of the molecule is CC(=O)CC[C@@H](C)NC(=O)Cc1ccc(-c2ccc(Cl)cc2)cc1. The van der Waals surface area contributed by atoms with E-state index in [0.717, 1.165) is 16.7 Å². The molecule has 0 unspecified atom stereocenters. The molecule has 1 amide bonds. The third kappa shape index (κ3) is 5.82. The number of carbonyl (C=O) groups is 2. The third-order valence-corrected chi connectivity index (χ3v) is 4.08. The van der Waals surface area contributed by atoms with Crippen molar-refractivity contribution >= 4 is 23.3 Å². The Labute approximate surface area is 148 Å². The Morgan fingerprint density at radius 1 is 1.00 bits per heavy atom. The second-order valence-corrected chi connectivity index (χ2v) is 6.53.